The summed E-state index contributed by atoms with van der Waals surface area (Å²) in [6.07, 6.45) is 7.03. The van der Waals surface area contributed by atoms with Gasteiger partial charge >= 0.3 is 0 Å². The number of aromatic amines is 1. The summed E-state index contributed by atoms with van der Waals surface area (Å²) in [4.78, 5) is 33.3. The van der Waals surface area contributed by atoms with Crippen molar-refractivity contribution < 1.29 is 18.7 Å². The fourth-order valence-corrected chi connectivity index (χ4v) is 6.41. The summed E-state index contributed by atoms with van der Waals surface area (Å²) in [7, 11) is 2.07. The van der Waals surface area contributed by atoms with E-state index >= 15 is 0 Å². The SMILES string of the molecule is CN1Cc2cc(-c3ccc(F)cc3)[nH]c2CC1c1cc2c(cc1C=O)NC(=O)C1=CNC=C(C3CCOCC3)N12. The number of anilines is 2. The molecular formula is C31H30FN5O3. The van der Waals surface area contributed by atoms with E-state index in [1.54, 1.807) is 24.4 Å². The summed E-state index contributed by atoms with van der Waals surface area (Å²) in [6, 6.07) is 12.4. The van der Waals surface area contributed by atoms with Crippen molar-refractivity contribution in [2.45, 2.75) is 31.8 Å². The zero-order valence-electron chi connectivity index (χ0n) is 22.2. The van der Waals surface area contributed by atoms with Gasteiger partial charge in [-0.3, -0.25) is 14.5 Å². The zero-order valence-corrected chi connectivity index (χ0v) is 22.2. The van der Waals surface area contributed by atoms with Crippen LogP contribution in [0, 0.1) is 11.7 Å². The number of carbonyl (C=O) groups is 2. The van der Waals surface area contributed by atoms with Crippen molar-refractivity contribution in [3.05, 3.63) is 94.5 Å². The second-order valence-electron chi connectivity index (χ2n) is 10.9. The molecule has 3 N–H and O–H groups in total. The number of benzene rings is 2. The molecule has 0 spiro atoms. The Morgan fingerprint density at radius 2 is 1.88 bits per heavy atom. The number of nitrogens with one attached hydrogen (secondary N) is 3. The third-order valence-corrected chi connectivity index (χ3v) is 8.50. The van der Waals surface area contributed by atoms with Gasteiger partial charge in [0.05, 0.1) is 11.4 Å². The van der Waals surface area contributed by atoms with Crippen LogP contribution in [0.5, 0.6) is 0 Å². The summed E-state index contributed by atoms with van der Waals surface area (Å²) in [5.74, 6) is -0.217. The Morgan fingerprint density at radius 1 is 1.07 bits per heavy atom. The molecule has 1 aromatic heterocycles. The number of aromatic nitrogens is 1. The fourth-order valence-electron chi connectivity index (χ4n) is 6.41. The van der Waals surface area contributed by atoms with E-state index in [2.05, 4.69) is 39.7 Å². The molecule has 0 saturated carbocycles. The quantitative estimate of drug-likeness (QED) is 0.412. The Morgan fingerprint density at radius 3 is 2.65 bits per heavy atom. The molecule has 1 fully saturated rings. The highest BCUT2D eigenvalue weighted by Gasteiger charge is 2.37. The first-order valence-electron chi connectivity index (χ1n) is 13.7. The Balaban J connectivity index is 1.27. The first-order valence-corrected chi connectivity index (χ1v) is 13.7. The third-order valence-electron chi connectivity index (χ3n) is 8.50. The lowest BCUT2D eigenvalue weighted by molar-refractivity contribution is -0.113. The summed E-state index contributed by atoms with van der Waals surface area (Å²) >= 11 is 0. The molecule has 204 valence electrons. The normalized spacial score (nSPS) is 20.9. The number of H-pyrrole nitrogens is 1. The molecule has 4 aliphatic heterocycles. The largest absolute Gasteiger partial charge is 0.381 e. The van der Waals surface area contributed by atoms with Gasteiger partial charge in [0.25, 0.3) is 5.91 Å². The van der Waals surface area contributed by atoms with E-state index in [0.717, 1.165) is 53.0 Å². The highest BCUT2D eigenvalue weighted by Crippen LogP contribution is 2.45. The monoisotopic (exact) mass is 539 g/mol. The Labute approximate surface area is 231 Å². The molecule has 7 rings (SSSR count). The molecule has 2 aromatic carbocycles. The number of ether oxygens (including phenoxy) is 1. The van der Waals surface area contributed by atoms with Crippen molar-refractivity contribution in [1.29, 1.82) is 0 Å². The van der Waals surface area contributed by atoms with Crippen molar-refractivity contribution in [2.75, 3.05) is 30.5 Å². The van der Waals surface area contributed by atoms with Crippen LogP contribution in [0.2, 0.25) is 0 Å². The molecule has 3 aromatic rings. The molecule has 8 nitrogen and oxygen atoms in total. The van der Waals surface area contributed by atoms with Gasteiger partial charge < -0.3 is 25.3 Å². The van der Waals surface area contributed by atoms with Gasteiger partial charge in [-0.15, -0.1) is 0 Å². The van der Waals surface area contributed by atoms with Crippen molar-refractivity contribution in [2.24, 2.45) is 5.92 Å². The van der Waals surface area contributed by atoms with Gasteiger partial charge in [-0.05, 0) is 79.0 Å². The minimum atomic E-state index is -0.262. The van der Waals surface area contributed by atoms with E-state index in [1.165, 1.54) is 17.7 Å². The van der Waals surface area contributed by atoms with E-state index in [1.807, 2.05) is 11.1 Å². The first kappa shape index (κ1) is 24.8. The predicted octanol–water partition coefficient (Wildman–Crippen LogP) is 4.83. The topological polar surface area (TPSA) is 89.7 Å². The third kappa shape index (κ3) is 4.13. The number of likely N-dealkylation sites (N-methyl/N-ethyl adjacent to an activating group) is 1. The van der Waals surface area contributed by atoms with E-state index in [4.69, 9.17) is 4.74 Å². The van der Waals surface area contributed by atoms with Crippen LogP contribution in [0.25, 0.3) is 11.3 Å². The highest BCUT2D eigenvalue weighted by atomic mass is 19.1. The number of hydrogen-bond donors (Lipinski definition) is 3. The first-order chi connectivity index (χ1) is 19.5. The molecule has 40 heavy (non-hydrogen) atoms. The predicted molar refractivity (Wildman–Crippen MR) is 150 cm³/mol. The lowest BCUT2D eigenvalue weighted by atomic mass is 9.89. The average molecular weight is 540 g/mol. The summed E-state index contributed by atoms with van der Waals surface area (Å²) in [5, 5.41) is 6.17. The van der Waals surface area contributed by atoms with Gasteiger partial charge in [0, 0.05) is 73.2 Å². The molecule has 0 bridgehead atoms. The van der Waals surface area contributed by atoms with Gasteiger partial charge in [-0.1, -0.05) is 0 Å². The number of rotatable bonds is 4. The molecule has 9 heteroatoms. The molecule has 1 unspecified atom stereocenters. The van der Waals surface area contributed by atoms with Crippen molar-refractivity contribution in [1.82, 2.24) is 15.2 Å². The van der Waals surface area contributed by atoms with Crippen LogP contribution in [0.3, 0.4) is 0 Å². The molecule has 1 atom stereocenters. The smallest absolute Gasteiger partial charge is 0.274 e. The average Bonchev–Trinajstić information content (AvgIpc) is 3.39. The number of allylic oxidation sites excluding steroid dienone is 1. The van der Waals surface area contributed by atoms with Gasteiger partial charge in [0.2, 0.25) is 0 Å². The molecule has 0 radical (unpaired) electrons. The van der Waals surface area contributed by atoms with E-state index in [-0.39, 0.29) is 23.7 Å². The minimum absolute atomic E-state index is 0.0544. The van der Waals surface area contributed by atoms with Gasteiger partial charge in [-0.2, -0.15) is 0 Å². The van der Waals surface area contributed by atoms with Crippen LogP contribution in [0.1, 0.15) is 46.1 Å². The maximum Gasteiger partial charge on any atom is 0.274 e. The van der Waals surface area contributed by atoms with Gasteiger partial charge in [0.1, 0.15) is 17.8 Å². The van der Waals surface area contributed by atoms with Crippen LogP contribution < -0.4 is 15.5 Å². The van der Waals surface area contributed by atoms with E-state index < -0.39 is 0 Å². The van der Waals surface area contributed by atoms with Crippen LogP contribution in [-0.2, 0) is 22.5 Å². The molecule has 1 saturated heterocycles. The number of hydrogen-bond acceptors (Lipinski definition) is 6. The Bertz CT molecular complexity index is 1570. The Hall–Kier alpha value is -4.21. The summed E-state index contributed by atoms with van der Waals surface area (Å²) < 4.78 is 19.1. The lowest BCUT2D eigenvalue weighted by Gasteiger charge is -2.41. The lowest BCUT2D eigenvalue weighted by Crippen LogP contribution is -2.42. The number of aldehydes is 1. The molecule has 0 aliphatic carbocycles. The standard InChI is InChI=1S/C31H30FN5O3/c1-36-16-20-10-24(18-2-4-22(32)5-3-18)34-25(20)13-27(36)23-12-28-26(11-21(23)17-38)35-31(39)30-15-33-14-29(37(28)30)19-6-8-40-9-7-19/h2-5,10-12,14-15,17,19,27,33-34H,6-9,13,16H2,1H3,(H,35,39). The molecule has 4 aliphatic rings. The maximum atomic E-state index is 13.5. The molecule has 1 amide bonds. The summed E-state index contributed by atoms with van der Waals surface area (Å²) in [5.41, 5.74) is 8.72. The minimum Gasteiger partial charge on any atom is -0.381 e. The fraction of sp³-hybridized carbons (Fsp3) is 0.290. The van der Waals surface area contributed by atoms with Crippen molar-refractivity contribution >= 4 is 23.6 Å². The number of amides is 1. The number of nitrogens with zero attached hydrogens (tertiary/aromatic N) is 2. The second-order valence-corrected chi connectivity index (χ2v) is 10.9. The van der Waals surface area contributed by atoms with E-state index in [9.17, 15) is 14.0 Å². The van der Waals surface area contributed by atoms with Crippen molar-refractivity contribution in [3.8, 4) is 11.3 Å². The van der Waals surface area contributed by atoms with Crippen molar-refractivity contribution in [3.63, 3.8) is 0 Å². The van der Waals surface area contributed by atoms with Crippen LogP contribution in [0.4, 0.5) is 15.8 Å². The number of halogens is 1. The van der Waals surface area contributed by atoms with Crippen LogP contribution in [-0.4, -0.2) is 42.3 Å². The zero-order chi connectivity index (χ0) is 27.4. The highest BCUT2D eigenvalue weighted by molar-refractivity contribution is 6.13. The summed E-state index contributed by atoms with van der Waals surface area (Å²) in [6.45, 7) is 2.08. The van der Waals surface area contributed by atoms with E-state index in [0.29, 0.717) is 43.1 Å². The molecular weight excluding hydrogens is 509 g/mol. The number of fused-ring (bicyclic) bond motifs is 4. The number of carbonyl (C=O) groups excluding carboxylic acids is 2. The molecule has 5 heterocycles. The van der Waals surface area contributed by atoms with Crippen LogP contribution in [0.15, 0.2) is 66.3 Å². The maximum absolute atomic E-state index is 13.5. The second kappa shape index (κ2) is 9.76. The van der Waals surface area contributed by atoms with Gasteiger partial charge in [0.15, 0.2) is 0 Å². The Kier molecular flexibility index (Phi) is 6.05. The van der Waals surface area contributed by atoms with Gasteiger partial charge in [-0.25, -0.2) is 4.39 Å². The van der Waals surface area contributed by atoms with Crippen LogP contribution >= 0.6 is 0 Å².